The first-order valence-corrected chi connectivity index (χ1v) is 5.57. The first-order chi connectivity index (χ1) is 6.65. The summed E-state index contributed by atoms with van der Waals surface area (Å²) in [4.78, 5) is 9.96. The molecule has 0 radical (unpaired) electrons. The Hall–Kier alpha value is -0.900. The van der Waals surface area contributed by atoms with Gasteiger partial charge in [-0.3, -0.25) is 10.1 Å². The van der Waals surface area contributed by atoms with Crippen LogP contribution in [0.5, 0.6) is 0 Å². The zero-order valence-corrected chi connectivity index (χ0v) is 10.2. The minimum absolute atomic E-state index is 0.150. The van der Waals surface area contributed by atoms with E-state index in [0.717, 1.165) is 16.5 Å². The quantitative estimate of drug-likeness (QED) is 0.460. The van der Waals surface area contributed by atoms with Crippen molar-refractivity contribution in [1.29, 1.82) is 0 Å². The first-order valence-electron chi connectivity index (χ1n) is 4.45. The summed E-state index contributed by atoms with van der Waals surface area (Å²) in [6.45, 7) is 5.86. The highest BCUT2D eigenvalue weighted by Crippen LogP contribution is 2.18. The van der Waals surface area contributed by atoms with Gasteiger partial charge in [-0.2, -0.15) is 0 Å². The summed E-state index contributed by atoms with van der Waals surface area (Å²) in [5.74, 6) is 0. The van der Waals surface area contributed by atoms with Crippen LogP contribution in [-0.4, -0.2) is 4.92 Å². The van der Waals surface area contributed by atoms with Crippen LogP contribution < -0.4 is 0 Å². The number of nitro benzene ring substituents is 1. The number of rotatable bonds is 2. The fraction of sp³-hybridized carbons (Fsp3) is 0.400. The Balaban J connectivity index is 0.000000791. The molecule has 0 saturated carbocycles. The van der Waals surface area contributed by atoms with Crippen molar-refractivity contribution in [2.24, 2.45) is 0 Å². The largest absolute Gasteiger partial charge is 0.269 e. The van der Waals surface area contributed by atoms with Gasteiger partial charge in [-0.1, -0.05) is 35.8 Å². The lowest BCUT2D eigenvalue weighted by Gasteiger charge is -1.99. The molecule has 3 nitrogen and oxygen atoms in total. The van der Waals surface area contributed by atoms with Crippen LogP contribution in [0.2, 0.25) is 0 Å². The van der Waals surface area contributed by atoms with E-state index in [2.05, 4.69) is 15.9 Å². The molecule has 0 N–H and O–H groups in total. The second kappa shape index (κ2) is 6.54. The molecule has 0 saturated heterocycles. The van der Waals surface area contributed by atoms with Gasteiger partial charge in [-0.25, -0.2) is 0 Å². The Morgan fingerprint density at radius 2 is 2.00 bits per heavy atom. The van der Waals surface area contributed by atoms with Crippen molar-refractivity contribution in [3.8, 4) is 0 Å². The average molecular weight is 260 g/mol. The van der Waals surface area contributed by atoms with Crippen LogP contribution in [0.1, 0.15) is 25.0 Å². The number of nitrogens with zero attached hydrogens (tertiary/aromatic N) is 1. The molecule has 0 unspecified atom stereocenters. The number of aryl methyl sites for hydroxylation is 1. The third kappa shape index (κ3) is 3.46. The fourth-order valence-corrected chi connectivity index (χ4v) is 1.57. The van der Waals surface area contributed by atoms with E-state index in [-0.39, 0.29) is 10.6 Å². The van der Waals surface area contributed by atoms with Gasteiger partial charge < -0.3 is 0 Å². The van der Waals surface area contributed by atoms with Crippen molar-refractivity contribution < 1.29 is 4.92 Å². The number of hydrogen-bond acceptors (Lipinski definition) is 2. The topological polar surface area (TPSA) is 43.1 Å². The molecule has 78 valence electrons. The van der Waals surface area contributed by atoms with E-state index < -0.39 is 0 Å². The van der Waals surface area contributed by atoms with Gasteiger partial charge >= 0.3 is 0 Å². The van der Waals surface area contributed by atoms with Crippen molar-refractivity contribution in [3.05, 3.63) is 39.4 Å². The van der Waals surface area contributed by atoms with E-state index in [1.807, 2.05) is 20.8 Å². The zero-order valence-electron chi connectivity index (χ0n) is 8.58. The summed E-state index contributed by atoms with van der Waals surface area (Å²) in [6.07, 6.45) is 0. The molecular weight excluding hydrogens is 246 g/mol. The van der Waals surface area contributed by atoms with Crippen LogP contribution in [0.4, 0.5) is 5.69 Å². The predicted molar refractivity (Wildman–Crippen MR) is 61.8 cm³/mol. The monoisotopic (exact) mass is 259 g/mol. The SMILES string of the molecule is CC.Cc1cc([N+](=O)[O-])ccc1CBr. The third-order valence-electron chi connectivity index (χ3n) is 1.68. The molecule has 14 heavy (non-hydrogen) atoms. The highest BCUT2D eigenvalue weighted by molar-refractivity contribution is 9.08. The molecular formula is C10H14BrNO2. The zero-order chi connectivity index (χ0) is 11.1. The number of non-ortho nitro benzene ring substituents is 1. The van der Waals surface area contributed by atoms with Gasteiger partial charge in [0.25, 0.3) is 5.69 Å². The molecule has 0 aliphatic rings. The van der Waals surface area contributed by atoms with Crippen LogP contribution in [0, 0.1) is 17.0 Å². The van der Waals surface area contributed by atoms with Gasteiger partial charge in [0.05, 0.1) is 4.92 Å². The van der Waals surface area contributed by atoms with E-state index in [4.69, 9.17) is 0 Å². The van der Waals surface area contributed by atoms with Gasteiger partial charge in [0.15, 0.2) is 0 Å². The molecule has 1 aromatic carbocycles. The van der Waals surface area contributed by atoms with E-state index >= 15 is 0 Å². The molecule has 0 atom stereocenters. The summed E-state index contributed by atoms with van der Waals surface area (Å²) in [5, 5.41) is 11.1. The predicted octanol–water partition coefficient (Wildman–Crippen LogP) is 3.82. The molecule has 0 heterocycles. The lowest BCUT2D eigenvalue weighted by molar-refractivity contribution is -0.384. The number of nitro groups is 1. The average Bonchev–Trinajstić information content (AvgIpc) is 2.20. The fourth-order valence-electron chi connectivity index (χ4n) is 0.944. The molecule has 1 rings (SSSR count). The summed E-state index contributed by atoms with van der Waals surface area (Å²) in [7, 11) is 0. The maximum atomic E-state index is 10.3. The Morgan fingerprint density at radius 1 is 1.43 bits per heavy atom. The van der Waals surface area contributed by atoms with Gasteiger partial charge in [0.2, 0.25) is 0 Å². The van der Waals surface area contributed by atoms with Gasteiger partial charge in [-0.05, 0) is 18.1 Å². The molecule has 0 amide bonds. The molecule has 0 aromatic heterocycles. The maximum absolute atomic E-state index is 10.3. The minimum atomic E-state index is -0.384. The van der Waals surface area contributed by atoms with E-state index in [0.29, 0.717) is 0 Å². The lowest BCUT2D eigenvalue weighted by atomic mass is 10.1. The molecule has 1 aromatic rings. The number of hydrogen-bond donors (Lipinski definition) is 0. The number of benzene rings is 1. The van der Waals surface area contributed by atoms with E-state index in [1.165, 1.54) is 6.07 Å². The van der Waals surface area contributed by atoms with Gasteiger partial charge in [0.1, 0.15) is 0 Å². The second-order valence-electron chi connectivity index (χ2n) is 2.50. The van der Waals surface area contributed by atoms with Crippen LogP contribution in [0.25, 0.3) is 0 Å². The third-order valence-corrected chi connectivity index (χ3v) is 2.29. The molecule has 0 spiro atoms. The van der Waals surface area contributed by atoms with Gasteiger partial charge in [0, 0.05) is 17.5 Å². The van der Waals surface area contributed by atoms with Crippen LogP contribution in [0.3, 0.4) is 0 Å². The molecule has 0 fully saturated rings. The Bertz CT molecular complexity index is 313. The van der Waals surface area contributed by atoms with E-state index in [9.17, 15) is 10.1 Å². The second-order valence-corrected chi connectivity index (χ2v) is 3.06. The minimum Gasteiger partial charge on any atom is -0.258 e. The Kier molecular flexibility index (Phi) is 6.12. The summed E-state index contributed by atoms with van der Waals surface area (Å²) >= 11 is 3.30. The Morgan fingerprint density at radius 3 is 2.36 bits per heavy atom. The van der Waals surface area contributed by atoms with Crippen LogP contribution in [0.15, 0.2) is 18.2 Å². The Labute approximate surface area is 92.4 Å². The molecule has 0 aliphatic carbocycles. The smallest absolute Gasteiger partial charge is 0.258 e. The highest BCUT2D eigenvalue weighted by Gasteiger charge is 2.06. The van der Waals surface area contributed by atoms with Crippen molar-refractivity contribution in [1.82, 2.24) is 0 Å². The summed E-state index contributed by atoms with van der Waals surface area (Å²) in [5.41, 5.74) is 2.18. The van der Waals surface area contributed by atoms with Crippen molar-refractivity contribution in [2.75, 3.05) is 0 Å². The normalized spacial score (nSPS) is 8.86. The van der Waals surface area contributed by atoms with Crippen molar-refractivity contribution in [3.63, 3.8) is 0 Å². The number of halogens is 1. The van der Waals surface area contributed by atoms with Crippen molar-refractivity contribution >= 4 is 21.6 Å². The summed E-state index contributed by atoms with van der Waals surface area (Å²) < 4.78 is 0. The standard InChI is InChI=1S/C8H8BrNO2.C2H6/c1-6-4-8(10(11)12)3-2-7(6)5-9;1-2/h2-4H,5H2,1H3;1-2H3. The van der Waals surface area contributed by atoms with Crippen molar-refractivity contribution in [2.45, 2.75) is 26.1 Å². The first kappa shape index (κ1) is 13.1. The summed E-state index contributed by atoms with van der Waals surface area (Å²) in [6, 6.07) is 4.86. The van der Waals surface area contributed by atoms with Crippen LogP contribution >= 0.6 is 15.9 Å². The molecule has 4 heteroatoms. The lowest BCUT2D eigenvalue weighted by Crippen LogP contribution is -1.90. The maximum Gasteiger partial charge on any atom is 0.269 e. The molecule has 0 bridgehead atoms. The highest BCUT2D eigenvalue weighted by atomic mass is 79.9. The van der Waals surface area contributed by atoms with E-state index in [1.54, 1.807) is 12.1 Å². The van der Waals surface area contributed by atoms with Gasteiger partial charge in [-0.15, -0.1) is 0 Å². The van der Waals surface area contributed by atoms with Crippen LogP contribution in [-0.2, 0) is 5.33 Å². The molecule has 0 aliphatic heterocycles. The number of alkyl halides is 1.